The second-order valence-corrected chi connectivity index (χ2v) is 6.19. The van der Waals surface area contributed by atoms with Crippen LogP contribution in [0, 0.1) is 0 Å². The standard InChI is InChI=1S/C21H23N3O3/c1-22-21(27)17-9-4-15(5-10-17)8-13-19(25)23-18-11-6-16(7-12-18)14-20(26)24(2)3/h4-13H,14H2,1-3H3,(H,22,27)(H,23,25)/b13-8+. The molecule has 0 unspecified atom stereocenters. The molecule has 2 rings (SSSR count). The summed E-state index contributed by atoms with van der Waals surface area (Å²) in [6.45, 7) is 0. The van der Waals surface area contributed by atoms with E-state index in [0.717, 1.165) is 11.1 Å². The number of anilines is 1. The lowest BCUT2D eigenvalue weighted by Crippen LogP contribution is -2.23. The third-order valence-electron chi connectivity index (χ3n) is 3.90. The van der Waals surface area contributed by atoms with E-state index in [-0.39, 0.29) is 17.7 Å². The highest BCUT2D eigenvalue weighted by Crippen LogP contribution is 2.11. The summed E-state index contributed by atoms with van der Waals surface area (Å²) in [7, 11) is 5.01. The average molecular weight is 365 g/mol. The molecular formula is C21H23N3O3. The fraction of sp³-hybridized carbons (Fsp3) is 0.190. The first-order valence-electron chi connectivity index (χ1n) is 8.49. The van der Waals surface area contributed by atoms with Crippen molar-refractivity contribution in [1.82, 2.24) is 10.2 Å². The Hall–Kier alpha value is -3.41. The first kappa shape index (κ1) is 19.9. The van der Waals surface area contributed by atoms with Crippen molar-refractivity contribution in [1.29, 1.82) is 0 Å². The van der Waals surface area contributed by atoms with E-state index in [1.165, 1.54) is 6.08 Å². The molecule has 0 aromatic heterocycles. The highest BCUT2D eigenvalue weighted by atomic mass is 16.2. The average Bonchev–Trinajstić information content (AvgIpc) is 2.67. The molecule has 0 saturated carbocycles. The van der Waals surface area contributed by atoms with Gasteiger partial charge >= 0.3 is 0 Å². The van der Waals surface area contributed by atoms with Crippen LogP contribution in [0.4, 0.5) is 5.69 Å². The quantitative estimate of drug-likeness (QED) is 0.771. The summed E-state index contributed by atoms with van der Waals surface area (Å²) in [6, 6.07) is 14.1. The van der Waals surface area contributed by atoms with Crippen molar-refractivity contribution in [3.63, 3.8) is 0 Å². The van der Waals surface area contributed by atoms with Gasteiger partial charge in [0.1, 0.15) is 0 Å². The van der Waals surface area contributed by atoms with E-state index in [0.29, 0.717) is 17.7 Å². The lowest BCUT2D eigenvalue weighted by molar-refractivity contribution is -0.128. The van der Waals surface area contributed by atoms with Crippen molar-refractivity contribution in [2.45, 2.75) is 6.42 Å². The van der Waals surface area contributed by atoms with Gasteiger partial charge in [0.15, 0.2) is 0 Å². The van der Waals surface area contributed by atoms with Crippen LogP contribution < -0.4 is 10.6 Å². The molecular weight excluding hydrogens is 342 g/mol. The molecule has 2 aromatic carbocycles. The fourth-order valence-corrected chi connectivity index (χ4v) is 2.28. The smallest absolute Gasteiger partial charge is 0.251 e. The van der Waals surface area contributed by atoms with Crippen molar-refractivity contribution in [3.05, 3.63) is 71.3 Å². The predicted octanol–water partition coefficient (Wildman–Crippen LogP) is 2.33. The molecule has 2 aromatic rings. The van der Waals surface area contributed by atoms with E-state index in [9.17, 15) is 14.4 Å². The molecule has 27 heavy (non-hydrogen) atoms. The molecule has 0 saturated heterocycles. The Kier molecular flexibility index (Phi) is 6.88. The maximum Gasteiger partial charge on any atom is 0.251 e. The third-order valence-corrected chi connectivity index (χ3v) is 3.90. The van der Waals surface area contributed by atoms with Gasteiger partial charge in [-0.05, 0) is 41.5 Å². The van der Waals surface area contributed by atoms with Crippen LogP contribution in [0.3, 0.4) is 0 Å². The van der Waals surface area contributed by atoms with Crippen molar-refractivity contribution < 1.29 is 14.4 Å². The molecule has 0 aliphatic carbocycles. The Morgan fingerprint density at radius 1 is 0.963 bits per heavy atom. The van der Waals surface area contributed by atoms with E-state index >= 15 is 0 Å². The zero-order valence-corrected chi connectivity index (χ0v) is 15.7. The predicted molar refractivity (Wildman–Crippen MR) is 106 cm³/mol. The summed E-state index contributed by atoms with van der Waals surface area (Å²) in [4.78, 5) is 36.8. The number of amides is 3. The topological polar surface area (TPSA) is 78.5 Å². The van der Waals surface area contributed by atoms with Gasteiger partial charge in [-0.15, -0.1) is 0 Å². The van der Waals surface area contributed by atoms with E-state index in [4.69, 9.17) is 0 Å². The number of hydrogen-bond donors (Lipinski definition) is 2. The number of benzene rings is 2. The first-order chi connectivity index (χ1) is 12.9. The Morgan fingerprint density at radius 2 is 1.59 bits per heavy atom. The number of rotatable bonds is 6. The van der Waals surface area contributed by atoms with Gasteiger partial charge in [0.25, 0.3) is 5.91 Å². The summed E-state index contributed by atoms with van der Waals surface area (Å²) in [5.74, 6) is -0.390. The van der Waals surface area contributed by atoms with Crippen molar-refractivity contribution in [2.75, 3.05) is 26.5 Å². The van der Waals surface area contributed by atoms with Gasteiger partial charge in [0, 0.05) is 38.5 Å². The number of nitrogens with one attached hydrogen (secondary N) is 2. The Labute approximate surface area is 158 Å². The number of nitrogens with zero attached hydrogens (tertiary/aromatic N) is 1. The molecule has 0 atom stereocenters. The molecule has 6 heteroatoms. The minimum Gasteiger partial charge on any atom is -0.355 e. The highest BCUT2D eigenvalue weighted by Gasteiger charge is 2.06. The van der Waals surface area contributed by atoms with Gasteiger partial charge in [0.05, 0.1) is 6.42 Å². The van der Waals surface area contributed by atoms with Crippen LogP contribution in [0.2, 0.25) is 0 Å². The SMILES string of the molecule is CNC(=O)c1ccc(/C=C/C(=O)Nc2ccc(CC(=O)N(C)C)cc2)cc1. The third kappa shape index (κ3) is 6.11. The molecule has 2 N–H and O–H groups in total. The molecule has 0 aliphatic rings. The van der Waals surface area contributed by atoms with Crippen molar-refractivity contribution in [3.8, 4) is 0 Å². The lowest BCUT2D eigenvalue weighted by atomic mass is 10.1. The summed E-state index contributed by atoms with van der Waals surface area (Å²) < 4.78 is 0. The molecule has 0 fully saturated rings. The van der Waals surface area contributed by atoms with Crippen LogP contribution in [-0.4, -0.2) is 43.8 Å². The molecule has 0 heterocycles. The molecule has 140 valence electrons. The van der Waals surface area contributed by atoms with Crippen LogP contribution in [0.15, 0.2) is 54.6 Å². The van der Waals surface area contributed by atoms with E-state index in [1.54, 1.807) is 68.5 Å². The van der Waals surface area contributed by atoms with Gasteiger partial charge in [0.2, 0.25) is 11.8 Å². The van der Waals surface area contributed by atoms with Gasteiger partial charge < -0.3 is 15.5 Å². The Balaban J connectivity index is 1.92. The summed E-state index contributed by atoms with van der Waals surface area (Å²) in [5, 5.41) is 5.32. The molecule has 6 nitrogen and oxygen atoms in total. The van der Waals surface area contributed by atoms with E-state index in [2.05, 4.69) is 10.6 Å². The monoisotopic (exact) mass is 365 g/mol. The second-order valence-electron chi connectivity index (χ2n) is 6.19. The molecule has 0 radical (unpaired) electrons. The molecule has 0 aliphatic heterocycles. The molecule has 0 spiro atoms. The van der Waals surface area contributed by atoms with E-state index in [1.807, 2.05) is 12.1 Å². The van der Waals surface area contributed by atoms with Gasteiger partial charge in [-0.25, -0.2) is 0 Å². The number of carbonyl (C=O) groups excluding carboxylic acids is 3. The van der Waals surface area contributed by atoms with Crippen molar-refractivity contribution in [2.24, 2.45) is 0 Å². The Bertz CT molecular complexity index is 838. The number of likely N-dealkylation sites (N-methyl/N-ethyl adjacent to an activating group) is 1. The minimum atomic E-state index is -0.262. The van der Waals surface area contributed by atoms with Gasteiger partial charge in [-0.3, -0.25) is 14.4 Å². The van der Waals surface area contributed by atoms with Crippen LogP contribution in [0.1, 0.15) is 21.5 Å². The van der Waals surface area contributed by atoms with Crippen molar-refractivity contribution >= 4 is 29.5 Å². The number of carbonyl (C=O) groups is 3. The lowest BCUT2D eigenvalue weighted by Gasteiger charge is -2.10. The Morgan fingerprint density at radius 3 is 2.15 bits per heavy atom. The van der Waals surface area contributed by atoms with Crippen LogP contribution in [0.25, 0.3) is 6.08 Å². The normalized spacial score (nSPS) is 10.5. The first-order valence-corrected chi connectivity index (χ1v) is 8.49. The highest BCUT2D eigenvalue weighted by molar-refractivity contribution is 6.02. The van der Waals surface area contributed by atoms with Crippen LogP contribution in [0.5, 0.6) is 0 Å². The van der Waals surface area contributed by atoms with Gasteiger partial charge in [-0.2, -0.15) is 0 Å². The largest absolute Gasteiger partial charge is 0.355 e. The zero-order chi connectivity index (χ0) is 19.8. The zero-order valence-electron chi connectivity index (χ0n) is 15.7. The van der Waals surface area contributed by atoms with Gasteiger partial charge in [-0.1, -0.05) is 24.3 Å². The van der Waals surface area contributed by atoms with Crippen LogP contribution in [-0.2, 0) is 16.0 Å². The maximum atomic E-state index is 12.0. The second kappa shape index (κ2) is 9.33. The van der Waals surface area contributed by atoms with Crippen LogP contribution >= 0.6 is 0 Å². The number of hydrogen-bond acceptors (Lipinski definition) is 3. The minimum absolute atomic E-state index is 0.0251. The summed E-state index contributed by atoms with van der Waals surface area (Å²) in [6.07, 6.45) is 3.43. The molecule has 3 amide bonds. The summed E-state index contributed by atoms with van der Waals surface area (Å²) in [5.41, 5.74) is 2.92. The maximum absolute atomic E-state index is 12.0. The van der Waals surface area contributed by atoms with E-state index < -0.39 is 0 Å². The fourth-order valence-electron chi connectivity index (χ4n) is 2.28. The molecule has 0 bridgehead atoms. The summed E-state index contributed by atoms with van der Waals surface area (Å²) >= 11 is 0.